The van der Waals surface area contributed by atoms with E-state index in [-0.39, 0.29) is 0 Å². The van der Waals surface area contributed by atoms with Crippen LogP contribution in [0.5, 0.6) is 0 Å². The van der Waals surface area contributed by atoms with Crippen molar-refractivity contribution in [1.82, 2.24) is 15.3 Å². The van der Waals surface area contributed by atoms with Gasteiger partial charge in [-0.25, -0.2) is 9.97 Å². The largest absolute Gasteiger partial charge is 0.314 e. The summed E-state index contributed by atoms with van der Waals surface area (Å²) in [5.41, 5.74) is 0. The molecule has 0 radical (unpaired) electrons. The van der Waals surface area contributed by atoms with E-state index in [0.29, 0.717) is 11.3 Å². The van der Waals surface area contributed by atoms with Crippen molar-refractivity contribution in [2.75, 3.05) is 6.54 Å². The van der Waals surface area contributed by atoms with Crippen molar-refractivity contribution in [2.45, 2.75) is 42.6 Å². The number of hydrogen-bond donors (Lipinski definition) is 1. The molecule has 1 aliphatic carbocycles. The molecule has 1 aromatic rings. The van der Waals surface area contributed by atoms with Gasteiger partial charge >= 0.3 is 0 Å². The van der Waals surface area contributed by atoms with E-state index >= 15 is 0 Å². The van der Waals surface area contributed by atoms with Crippen molar-refractivity contribution in [2.24, 2.45) is 0 Å². The molecule has 82 valence electrons. The van der Waals surface area contributed by atoms with Gasteiger partial charge in [-0.3, -0.25) is 0 Å². The lowest BCUT2D eigenvalue weighted by molar-refractivity contribution is 0.543. The zero-order chi connectivity index (χ0) is 10.5. The van der Waals surface area contributed by atoms with Crippen molar-refractivity contribution in [3.63, 3.8) is 0 Å². The summed E-state index contributed by atoms with van der Waals surface area (Å²) in [6.07, 6.45) is 7.44. The van der Waals surface area contributed by atoms with Crippen molar-refractivity contribution < 1.29 is 0 Å². The summed E-state index contributed by atoms with van der Waals surface area (Å²) in [4.78, 5) is 8.49. The summed E-state index contributed by atoms with van der Waals surface area (Å²) in [6, 6.07) is 2.57. The zero-order valence-corrected chi connectivity index (χ0v) is 9.83. The third-order valence-corrected chi connectivity index (χ3v) is 3.87. The standard InChI is InChI=1S/C11H17N3S/c1-2-12-9-4-5-10(8-9)15-11-13-6-3-7-14-11/h3,6-7,9-10,12H,2,4-5,8H2,1H3. The Kier molecular flexibility index (Phi) is 3.97. The predicted molar refractivity (Wildman–Crippen MR) is 63.0 cm³/mol. The van der Waals surface area contributed by atoms with E-state index in [1.165, 1.54) is 19.3 Å². The minimum absolute atomic E-state index is 0.691. The van der Waals surface area contributed by atoms with Crippen LogP contribution in [0.4, 0.5) is 0 Å². The molecule has 0 amide bonds. The fourth-order valence-electron chi connectivity index (χ4n) is 2.02. The highest BCUT2D eigenvalue weighted by Crippen LogP contribution is 2.32. The Balaban J connectivity index is 1.82. The Bertz CT molecular complexity index is 291. The first-order valence-electron chi connectivity index (χ1n) is 5.55. The Hall–Kier alpha value is -0.610. The van der Waals surface area contributed by atoms with Gasteiger partial charge in [-0.15, -0.1) is 0 Å². The van der Waals surface area contributed by atoms with Gasteiger partial charge in [0, 0.05) is 23.7 Å². The molecule has 0 bridgehead atoms. The number of nitrogens with one attached hydrogen (secondary N) is 1. The first-order chi connectivity index (χ1) is 7.38. The molecule has 4 heteroatoms. The van der Waals surface area contributed by atoms with Crippen LogP contribution in [0.1, 0.15) is 26.2 Å². The maximum absolute atomic E-state index is 4.24. The highest BCUT2D eigenvalue weighted by Gasteiger charge is 2.25. The smallest absolute Gasteiger partial charge is 0.187 e. The molecule has 2 unspecified atom stereocenters. The quantitative estimate of drug-likeness (QED) is 0.793. The maximum Gasteiger partial charge on any atom is 0.187 e. The molecule has 2 rings (SSSR count). The summed E-state index contributed by atoms with van der Waals surface area (Å²) in [5, 5.41) is 5.11. The molecule has 3 nitrogen and oxygen atoms in total. The molecule has 1 heterocycles. The third kappa shape index (κ3) is 3.18. The zero-order valence-electron chi connectivity index (χ0n) is 9.02. The fourth-order valence-corrected chi connectivity index (χ4v) is 3.14. The summed E-state index contributed by atoms with van der Waals surface area (Å²) in [5.74, 6) is 0. The molecular weight excluding hydrogens is 206 g/mol. The first-order valence-corrected chi connectivity index (χ1v) is 6.43. The molecule has 0 aromatic carbocycles. The van der Waals surface area contributed by atoms with E-state index in [1.807, 2.05) is 30.2 Å². The molecule has 1 aliphatic rings. The van der Waals surface area contributed by atoms with Crippen LogP contribution >= 0.6 is 11.8 Å². The number of aromatic nitrogens is 2. The van der Waals surface area contributed by atoms with Crippen LogP contribution in [-0.2, 0) is 0 Å². The van der Waals surface area contributed by atoms with Crippen LogP contribution in [-0.4, -0.2) is 27.8 Å². The van der Waals surface area contributed by atoms with E-state index in [0.717, 1.165) is 11.7 Å². The SMILES string of the molecule is CCNC1CCC(Sc2ncccn2)C1. The van der Waals surface area contributed by atoms with E-state index in [2.05, 4.69) is 22.2 Å². The van der Waals surface area contributed by atoms with Crippen LogP contribution in [0, 0.1) is 0 Å². The second kappa shape index (κ2) is 5.47. The van der Waals surface area contributed by atoms with Crippen molar-refractivity contribution >= 4 is 11.8 Å². The first kappa shape index (κ1) is 10.9. The number of hydrogen-bond acceptors (Lipinski definition) is 4. The van der Waals surface area contributed by atoms with Gasteiger partial charge in [0.15, 0.2) is 5.16 Å². The molecule has 1 fully saturated rings. The third-order valence-electron chi connectivity index (χ3n) is 2.69. The minimum atomic E-state index is 0.691. The maximum atomic E-state index is 4.24. The van der Waals surface area contributed by atoms with Crippen LogP contribution in [0.3, 0.4) is 0 Å². The lowest BCUT2D eigenvalue weighted by Gasteiger charge is -2.10. The van der Waals surface area contributed by atoms with Gasteiger partial charge in [-0.1, -0.05) is 18.7 Å². The molecule has 15 heavy (non-hydrogen) atoms. The monoisotopic (exact) mass is 223 g/mol. The highest BCUT2D eigenvalue weighted by atomic mass is 32.2. The Labute approximate surface area is 95.1 Å². The summed E-state index contributed by atoms with van der Waals surface area (Å²) >= 11 is 1.82. The molecule has 2 atom stereocenters. The normalized spacial score (nSPS) is 25.7. The van der Waals surface area contributed by atoms with Gasteiger partial charge < -0.3 is 5.32 Å². The van der Waals surface area contributed by atoms with Crippen molar-refractivity contribution in [3.05, 3.63) is 18.5 Å². The average molecular weight is 223 g/mol. The van der Waals surface area contributed by atoms with Gasteiger partial charge in [-0.2, -0.15) is 0 Å². The van der Waals surface area contributed by atoms with E-state index in [1.54, 1.807) is 0 Å². The van der Waals surface area contributed by atoms with Crippen LogP contribution in [0.25, 0.3) is 0 Å². The van der Waals surface area contributed by atoms with Crippen molar-refractivity contribution in [1.29, 1.82) is 0 Å². The summed E-state index contributed by atoms with van der Waals surface area (Å²) in [7, 11) is 0. The second-order valence-electron chi connectivity index (χ2n) is 3.84. The van der Waals surface area contributed by atoms with Crippen LogP contribution < -0.4 is 5.32 Å². The summed E-state index contributed by atoms with van der Waals surface area (Å²) < 4.78 is 0. The van der Waals surface area contributed by atoms with E-state index in [9.17, 15) is 0 Å². The Morgan fingerprint density at radius 2 is 2.20 bits per heavy atom. The minimum Gasteiger partial charge on any atom is -0.314 e. The molecule has 1 N–H and O–H groups in total. The molecule has 1 saturated carbocycles. The van der Waals surface area contributed by atoms with Crippen LogP contribution in [0.15, 0.2) is 23.6 Å². The van der Waals surface area contributed by atoms with Gasteiger partial charge in [0.25, 0.3) is 0 Å². The molecule has 0 spiro atoms. The molecule has 1 aromatic heterocycles. The lowest BCUT2D eigenvalue weighted by atomic mass is 10.2. The topological polar surface area (TPSA) is 37.8 Å². The van der Waals surface area contributed by atoms with E-state index < -0.39 is 0 Å². The van der Waals surface area contributed by atoms with Crippen LogP contribution in [0.2, 0.25) is 0 Å². The Morgan fingerprint density at radius 3 is 2.93 bits per heavy atom. The number of nitrogens with zero attached hydrogens (tertiary/aromatic N) is 2. The second-order valence-corrected chi connectivity index (χ2v) is 5.11. The Morgan fingerprint density at radius 1 is 1.40 bits per heavy atom. The van der Waals surface area contributed by atoms with Gasteiger partial charge in [-0.05, 0) is 31.9 Å². The molecule has 0 saturated heterocycles. The summed E-state index contributed by atoms with van der Waals surface area (Å²) in [6.45, 7) is 3.24. The average Bonchev–Trinajstić information content (AvgIpc) is 2.68. The fraction of sp³-hybridized carbons (Fsp3) is 0.636. The number of thioether (sulfide) groups is 1. The lowest BCUT2D eigenvalue weighted by Crippen LogP contribution is -2.26. The van der Waals surface area contributed by atoms with Crippen molar-refractivity contribution in [3.8, 4) is 0 Å². The van der Waals surface area contributed by atoms with E-state index in [4.69, 9.17) is 0 Å². The van der Waals surface area contributed by atoms with Gasteiger partial charge in [0.05, 0.1) is 0 Å². The van der Waals surface area contributed by atoms with Gasteiger partial charge in [0.1, 0.15) is 0 Å². The number of rotatable bonds is 4. The van der Waals surface area contributed by atoms with Gasteiger partial charge in [0.2, 0.25) is 0 Å². The molecular formula is C11H17N3S. The molecule has 0 aliphatic heterocycles. The highest BCUT2D eigenvalue weighted by molar-refractivity contribution is 7.99. The predicted octanol–water partition coefficient (Wildman–Crippen LogP) is 2.10.